The molecule has 0 aliphatic rings. The second-order valence-electron chi connectivity index (χ2n) is 5.24. The van der Waals surface area contributed by atoms with E-state index in [0.717, 1.165) is 6.07 Å². The van der Waals surface area contributed by atoms with E-state index in [4.69, 9.17) is 0 Å². The van der Waals surface area contributed by atoms with Gasteiger partial charge in [-0.15, -0.1) is 0 Å². The van der Waals surface area contributed by atoms with E-state index < -0.39 is 11.3 Å². The lowest BCUT2D eigenvalue weighted by Gasteiger charge is -2.21. The fourth-order valence-corrected chi connectivity index (χ4v) is 1.37. The Morgan fingerprint density at radius 3 is 2.44 bits per heavy atom. The molecule has 0 aromatic heterocycles. The number of hydrogen-bond acceptors (Lipinski definition) is 3. The molecule has 0 fully saturated rings. The van der Waals surface area contributed by atoms with Crippen molar-refractivity contribution in [1.82, 2.24) is 0 Å². The number of nitro groups is 1. The summed E-state index contributed by atoms with van der Waals surface area (Å²) in [5.41, 5.74) is -0.494. The second kappa shape index (κ2) is 5.29. The number of alkyl halides is 2. The number of anilines is 1. The van der Waals surface area contributed by atoms with Crippen LogP contribution in [0.25, 0.3) is 0 Å². The third-order valence-corrected chi connectivity index (χ3v) is 2.29. The highest BCUT2D eigenvalue weighted by Crippen LogP contribution is 2.31. The molecule has 0 saturated carbocycles. The standard InChI is InChI=1S/C12H16F2N2O2/c1-12(2,3)7-15-10-5-4-8(16(17)18)6-9(10)11(13)14/h4-6,11,15H,7H2,1-3H3. The molecule has 0 aliphatic carbocycles. The number of nitro benzene ring substituents is 1. The molecule has 1 aromatic rings. The van der Waals surface area contributed by atoms with Crippen LogP contribution in [0.3, 0.4) is 0 Å². The summed E-state index contributed by atoms with van der Waals surface area (Å²) >= 11 is 0. The third kappa shape index (κ3) is 3.94. The van der Waals surface area contributed by atoms with Crippen molar-refractivity contribution in [2.45, 2.75) is 27.2 Å². The van der Waals surface area contributed by atoms with Gasteiger partial charge < -0.3 is 5.32 Å². The number of non-ortho nitro benzene ring substituents is 1. The Bertz CT molecular complexity index is 442. The molecule has 1 aromatic carbocycles. The van der Waals surface area contributed by atoms with Crippen LogP contribution < -0.4 is 5.32 Å². The predicted octanol–water partition coefficient (Wildman–Crippen LogP) is 3.99. The molecule has 0 bridgehead atoms. The Kier molecular flexibility index (Phi) is 4.21. The van der Waals surface area contributed by atoms with Crippen LogP contribution in [0.4, 0.5) is 20.2 Å². The van der Waals surface area contributed by atoms with Crippen molar-refractivity contribution in [1.29, 1.82) is 0 Å². The summed E-state index contributed by atoms with van der Waals surface area (Å²) in [6, 6.07) is 3.46. The fraction of sp³-hybridized carbons (Fsp3) is 0.500. The molecule has 0 spiro atoms. The number of nitrogens with one attached hydrogen (secondary N) is 1. The van der Waals surface area contributed by atoms with E-state index in [1.165, 1.54) is 12.1 Å². The first-order valence-electron chi connectivity index (χ1n) is 5.51. The molecule has 0 aliphatic heterocycles. The van der Waals surface area contributed by atoms with E-state index in [2.05, 4.69) is 5.32 Å². The van der Waals surface area contributed by atoms with Crippen molar-refractivity contribution >= 4 is 11.4 Å². The first-order chi connectivity index (χ1) is 8.20. The van der Waals surface area contributed by atoms with Gasteiger partial charge in [0.2, 0.25) is 0 Å². The molecular weight excluding hydrogens is 242 g/mol. The van der Waals surface area contributed by atoms with Crippen molar-refractivity contribution in [3.63, 3.8) is 0 Å². The van der Waals surface area contributed by atoms with E-state index in [-0.39, 0.29) is 22.4 Å². The molecule has 1 N–H and O–H groups in total. The zero-order chi connectivity index (χ0) is 13.9. The van der Waals surface area contributed by atoms with Crippen molar-refractivity contribution in [2.75, 3.05) is 11.9 Å². The first kappa shape index (κ1) is 14.3. The molecule has 1 rings (SSSR count). The first-order valence-corrected chi connectivity index (χ1v) is 5.51. The summed E-state index contributed by atoms with van der Waals surface area (Å²) in [5, 5.41) is 13.4. The van der Waals surface area contributed by atoms with Gasteiger partial charge in [-0.25, -0.2) is 8.78 Å². The van der Waals surface area contributed by atoms with Crippen molar-refractivity contribution in [3.05, 3.63) is 33.9 Å². The number of rotatable bonds is 4. The lowest BCUT2D eigenvalue weighted by atomic mass is 9.96. The summed E-state index contributed by atoms with van der Waals surface area (Å²) in [6.07, 6.45) is -2.74. The topological polar surface area (TPSA) is 55.2 Å². The van der Waals surface area contributed by atoms with Crippen LogP contribution in [0.1, 0.15) is 32.8 Å². The SMILES string of the molecule is CC(C)(C)CNc1ccc([N+](=O)[O-])cc1C(F)F. The van der Waals surface area contributed by atoms with E-state index in [1.807, 2.05) is 20.8 Å². The Morgan fingerprint density at radius 2 is 2.00 bits per heavy atom. The van der Waals surface area contributed by atoms with Gasteiger partial charge in [0, 0.05) is 29.9 Å². The van der Waals surface area contributed by atoms with Gasteiger partial charge in [0.05, 0.1) is 4.92 Å². The van der Waals surface area contributed by atoms with Gasteiger partial charge in [0.15, 0.2) is 0 Å². The van der Waals surface area contributed by atoms with Gasteiger partial charge in [-0.05, 0) is 11.5 Å². The third-order valence-electron chi connectivity index (χ3n) is 2.29. The molecule has 100 valence electrons. The highest BCUT2D eigenvalue weighted by Gasteiger charge is 2.19. The average Bonchev–Trinajstić information content (AvgIpc) is 2.24. The Balaban J connectivity index is 3.01. The van der Waals surface area contributed by atoms with Crippen LogP contribution in [0.5, 0.6) is 0 Å². The average molecular weight is 258 g/mol. The van der Waals surface area contributed by atoms with E-state index in [9.17, 15) is 18.9 Å². The highest BCUT2D eigenvalue weighted by atomic mass is 19.3. The molecular formula is C12H16F2N2O2. The lowest BCUT2D eigenvalue weighted by Crippen LogP contribution is -2.19. The molecule has 0 atom stereocenters. The number of halogens is 2. The normalized spacial score (nSPS) is 11.7. The van der Waals surface area contributed by atoms with E-state index in [0.29, 0.717) is 6.54 Å². The quantitative estimate of drug-likeness (QED) is 0.656. The minimum absolute atomic E-state index is 0.0683. The second-order valence-corrected chi connectivity index (χ2v) is 5.24. The monoisotopic (exact) mass is 258 g/mol. The van der Waals surface area contributed by atoms with Crippen molar-refractivity contribution < 1.29 is 13.7 Å². The lowest BCUT2D eigenvalue weighted by molar-refractivity contribution is -0.385. The van der Waals surface area contributed by atoms with Crippen LogP contribution in [0, 0.1) is 15.5 Å². The number of nitrogens with zero attached hydrogens (tertiary/aromatic N) is 1. The van der Waals surface area contributed by atoms with E-state index in [1.54, 1.807) is 0 Å². The van der Waals surface area contributed by atoms with Gasteiger partial charge in [0.1, 0.15) is 0 Å². The molecule has 18 heavy (non-hydrogen) atoms. The molecule has 0 unspecified atom stereocenters. The largest absolute Gasteiger partial charge is 0.384 e. The molecule has 0 amide bonds. The number of hydrogen-bond donors (Lipinski definition) is 1. The molecule has 0 heterocycles. The molecule has 4 nitrogen and oxygen atoms in total. The summed E-state index contributed by atoms with van der Waals surface area (Å²) in [5.74, 6) is 0. The smallest absolute Gasteiger partial charge is 0.270 e. The molecule has 0 saturated heterocycles. The highest BCUT2D eigenvalue weighted by molar-refractivity contribution is 5.56. The van der Waals surface area contributed by atoms with Crippen LogP contribution in [-0.2, 0) is 0 Å². The zero-order valence-corrected chi connectivity index (χ0v) is 10.5. The van der Waals surface area contributed by atoms with Gasteiger partial charge in [-0.1, -0.05) is 20.8 Å². The fourth-order valence-electron chi connectivity index (χ4n) is 1.37. The maximum atomic E-state index is 12.8. The summed E-state index contributed by atoms with van der Waals surface area (Å²) in [7, 11) is 0. The van der Waals surface area contributed by atoms with Crippen LogP contribution in [0.15, 0.2) is 18.2 Å². The Labute approximate surface area is 104 Å². The van der Waals surface area contributed by atoms with Gasteiger partial charge in [-0.2, -0.15) is 0 Å². The van der Waals surface area contributed by atoms with Gasteiger partial charge in [-0.3, -0.25) is 10.1 Å². The van der Waals surface area contributed by atoms with Gasteiger partial charge >= 0.3 is 0 Å². The maximum absolute atomic E-state index is 12.8. The minimum atomic E-state index is -2.74. The summed E-state index contributed by atoms with van der Waals surface area (Å²) < 4.78 is 25.7. The van der Waals surface area contributed by atoms with Crippen LogP contribution in [0.2, 0.25) is 0 Å². The molecule has 0 radical (unpaired) electrons. The Morgan fingerprint density at radius 1 is 1.39 bits per heavy atom. The summed E-state index contributed by atoms with van der Waals surface area (Å²) in [4.78, 5) is 9.86. The van der Waals surface area contributed by atoms with E-state index >= 15 is 0 Å². The predicted molar refractivity (Wildman–Crippen MR) is 66.0 cm³/mol. The summed E-state index contributed by atoms with van der Waals surface area (Å²) in [6.45, 7) is 6.40. The van der Waals surface area contributed by atoms with Crippen LogP contribution >= 0.6 is 0 Å². The van der Waals surface area contributed by atoms with Gasteiger partial charge in [0.25, 0.3) is 12.1 Å². The van der Waals surface area contributed by atoms with Crippen LogP contribution in [-0.4, -0.2) is 11.5 Å². The number of benzene rings is 1. The van der Waals surface area contributed by atoms with Crippen molar-refractivity contribution in [3.8, 4) is 0 Å². The molecule has 6 heteroatoms. The zero-order valence-electron chi connectivity index (χ0n) is 10.5. The Hall–Kier alpha value is -1.72. The maximum Gasteiger partial charge on any atom is 0.270 e. The van der Waals surface area contributed by atoms with Crippen molar-refractivity contribution in [2.24, 2.45) is 5.41 Å². The minimum Gasteiger partial charge on any atom is -0.384 e.